The molecule has 1 fully saturated rings. The largest absolute Gasteiger partial charge is 0.368 e. The molecular weight excluding hydrogens is 252 g/mol. The van der Waals surface area contributed by atoms with E-state index in [9.17, 15) is 4.79 Å². The van der Waals surface area contributed by atoms with Gasteiger partial charge in [0.05, 0.1) is 6.54 Å². The topological polar surface area (TPSA) is 64.3 Å². The van der Waals surface area contributed by atoms with Crippen LogP contribution in [0.25, 0.3) is 0 Å². The first-order valence-corrected chi connectivity index (χ1v) is 6.92. The number of carbonyl (C=O) groups is 1. The molecule has 1 aliphatic heterocycles. The Bertz CT molecular complexity index is 537. The summed E-state index contributed by atoms with van der Waals surface area (Å²) in [6.07, 6.45) is 2.53. The van der Waals surface area contributed by atoms with Crippen molar-refractivity contribution in [3.8, 4) is 11.8 Å². The third kappa shape index (κ3) is 4.09. The summed E-state index contributed by atoms with van der Waals surface area (Å²) in [5.74, 6) is 5.72. The molecule has 1 aromatic carbocycles. The summed E-state index contributed by atoms with van der Waals surface area (Å²) >= 11 is 0. The van der Waals surface area contributed by atoms with Crippen LogP contribution in [0.1, 0.15) is 30.4 Å². The molecule has 0 aromatic heterocycles. The quantitative estimate of drug-likeness (QED) is 0.807. The second kappa shape index (κ2) is 7.09. The SMILES string of the molecule is Cc1cc(C#CCN)cc(NC(=O)C2CCCCO2)c1. The van der Waals surface area contributed by atoms with Crippen LogP contribution < -0.4 is 11.1 Å². The zero-order valence-corrected chi connectivity index (χ0v) is 11.7. The molecule has 0 aliphatic carbocycles. The van der Waals surface area contributed by atoms with Crippen LogP contribution in [0.4, 0.5) is 5.69 Å². The lowest BCUT2D eigenvalue weighted by Crippen LogP contribution is -2.33. The van der Waals surface area contributed by atoms with E-state index in [1.807, 2.05) is 25.1 Å². The number of rotatable bonds is 2. The summed E-state index contributed by atoms with van der Waals surface area (Å²) in [4.78, 5) is 12.1. The van der Waals surface area contributed by atoms with Crippen LogP contribution in [0, 0.1) is 18.8 Å². The lowest BCUT2D eigenvalue weighted by atomic mass is 10.1. The van der Waals surface area contributed by atoms with Crippen LogP contribution in [0.15, 0.2) is 18.2 Å². The maximum absolute atomic E-state index is 12.1. The monoisotopic (exact) mass is 272 g/mol. The van der Waals surface area contributed by atoms with Crippen molar-refractivity contribution in [3.05, 3.63) is 29.3 Å². The van der Waals surface area contributed by atoms with Crippen LogP contribution in [-0.2, 0) is 9.53 Å². The fraction of sp³-hybridized carbons (Fsp3) is 0.438. The van der Waals surface area contributed by atoms with Gasteiger partial charge in [-0.25, -0.2) is 0 Å². The minimum atomic E-state index is -0.331. The van der Waals surface area contributed by atoms with Gasteiger partial charge in [-0.2, -0.15) is 0 Å². The van der Waals surface area contributed by atoms with E-state index in [2.05, 4.69) is 17.2 Å². The van der Waals surface area contributed by atoms with Crippen LogP contribution in [0.5, 0.6) is 0 Å². The van der Waals surface area contributed by atoms with Crippen molar-refractivity contribution in [1.29, 1.82) is 0 Å². The molecule has 1 amide bonds. The van der Waals surface area contributed by atoms with Crippen LogP contribution in [0.2, 0.25) is 0 Å². The lowest BCUT2D eigenvalue weighted by molar-refractivity contribution is -0.129. The number of amides is 1. The van der Waals surface area contributed by atoms with Crippen molar-refractivity contribution < 1.29 is 9.53 Å². The highest BCUT2D eigenvalue weighted by atomic mass is 16.5. The van der Waals surface area contributed by atoms with Gasteiger partial charge in [0.2, 0.25) is 0 Å². The Kier molecular flexibility index (Phi) is 5.16. The second-order valence-electron chi connectivity index (χ2n) is 4.94. The average Bonchev–Trinajstić information content (AvgIpc) is 2.45. The number of carbonyl (C=O) groups excluding carboxylic acids is 1. The van der Waals surface area contributed by atoms with Crippen molar-refractivity contribution in [2.24, 2.45) is 5.73 Å². The third-order valence-corrected chi connectivity index (χ3v) is 3.15. The number of hydrogen-bond acceptors (Lipinski definition) is 3. The molecule has 1 heterocycles. The highest BCUT2D eigenvalue weighted by Gasteiger charge is 2.21. The molecule has 4 heteroatoms. The Hall–Kier alpha value is -1.83. The van der Waals surface area contributed by atoms with Gasteiger partial charge in [-0.1, -0.05) is 11.8 Å². The average molecular weight is 272 g/mol. The van der Waals surface area contributed by atoms with E-state index in [-0.39, 0.29) is 12.0 Å². The van der Waals surface area contributed by atoms with E-state index in [1.54, 1.807) is 0 Å². The Morgan fingerprint density at radius 2 is 2.30 bits per heavy atom. The Morgan fingerprint density at radius 3 is 3.00 bits per heavy atom. The first-order chi connectivity index (χ1) is 9.69. The van der Waals surface area contributed by atoms with Crippen LogP contribution >= 0.6 is 0 Å². The summed E-state index contributed by atoms with van der Waals surface area (Å²) in [6, 6.07) is 5.75. The number of benzene rings is 1. The Labute approximate surface area is 119 Å². The van der Waals surface area contributed by atoms with Gasteiger partial charge in [-0.05, 0) is 49.9 Å². The van der Waals surface area contributed by atoms with Crippen molar-refractivity contribution >= 4 is 11.6 Å². The maximum atomic E-state index is 12.1. The predicted molar refractivity (Wildman–Crippen MR) is 79.3 cm³/mol. The summed E-state index contributed by atoms with van der Waals surface area (Å²) in [5, 5.41) is 2.91. The fourth-order valence-electron chi connectivity index (χ4n) is 2.25. The van der Waals surface area contributed by atoms with Gasteiger partial charge in [-0.15, -0.1) is 0 Å². The van der Waals surface area contributed by atoms with Gasteiger partial charge in [0.15, 0.2) is 0 Å². The normalized spacial score (nSPS) is 18.0. The van der Waals surface area contributed by atoms with Crippen molar-refractivity contribution in [2.75, 3.05) is 18.5 Å². The first-order valence-electron chi connectivity index (χ1n) is 6.92. The van der Waals surface area contributed by atoms with E-state index in [1.165, 1.54) is 0 Å². The summed E-state index contributed by atoms with van der Waals surface area (Å²) in [5.41, 5.74) is 8.03. The van der Waals surface area contributed by atoms with E-state index in [0.29, 0.717) is 13.2 Å². The minimum Gasteiger partial charge on any atom is -0.368 e. The standard InChI is InChI=1S/C16H20N2O2/c1-12-9-13(5-4-7-17)11-14(10-12)18-16(19)15-6-2-3-8-20-15/h9-11,15H,2-3,6-8,17H2,1H3,(H,18,19). The van der Waals surface area contributed by atoms with Crippen molar-refractivity contribution in [2.45, 2.75) is 32.3 Å². The molecule has 0 saturated carbocycles. The fourth-order valence-corrected chi connectivity index (χ4v) is 2.25. The van der Waals surface area contributed by atoms with Gasteiger partial charge in [0, 0.05) is 17.9 Å². The van der Waals surface area contributed by atoms with E-state index in [4.69, 9.17) is 10.5 Å². The molecule has 1 unspecified atom stereocenters. The molecule has 20 heavy (non-hydrogen) atoms. The van der Waals surface area contributed by atoms with Crippen LogP contribution in [-0.4, -0.2) is 25.2 Å². The van der Waals surface area contributed by atoms with Crippen molar-refractivity contribution in [3.63, 3.8) is 0 Å². The molecule has 0 spiro atoms. The summed E-state index contributed by atoms with van der Waals surface area (Å²) < 4.78 is 5.48. The smallest absolute Gasteiger partial charge is 0.253 e. The van der Waals surface area contributed by atoms with Gasteiger partial charge < -0.3 is 15.8 Å². The van der Waals surface area contributed by atoms with Gasteiger partial charge >= 0.3 is 0 Å². The van der Waals surface area contributed by atoms with E-state index < -0.39 is 0 Å². The highest BCUT2D eigenvalue weighted by molar-refractivity contribution is 5.94. The van der Waals surface area contributed by atoms with Crippen LogP contribution in [0.3, 0.4) is 0 Å². The molecule has 3 N–H and O–H groups in total. The number of anilines is 1. The Morgan fingerprint density at radius 1 is 1.45 bits per heavy atom. The number of nitrogens with one attached hydrogen (secondary N) is 1. The molecule has 1 aliphatic rings. The van der Waals surface area contributed by atoms with E-state index in [0.717, 1.165) is 36.1 Å². The highest BCUT2D eigenvalue weighted by Crippen LogP contribution is 2.17. The molecule has 0 bridgehead atoms. The Balaban J connectivity index is 2.08. The van der Waals surface area contributed by atoms with Gasteiger partial charge in [0.25, 0.3) is 5.91 Å². The minimum absolute atomic E-state index is 0.0759. The molecule has 0 radical (unpaired) electrons. The molecule has 2 rings (SSSR count). The number of ether oxygens (including phenoxy) is 1. The predicted octanol–water partition coefficient (Wildman–Crippen LogP) is 1.81. The molecule has 106 valence electrons. The summed E-state index contributed by atoms with van der Waals surface area (Å²) in [7, 11) is 0. The molecule has 1 aromatic rings. The third-order valence-electron chi connectivity index (χ3n) is 3.15. The molecule has 1 atom stereocenters. The zero-order valence-electron chi connectivity index (χ0n) is 11.7. The van der Waals surface area contributed by atoms with Gasteiger partial charge in [0.1, 0.15) is 6.10 Å². The molecule has 4 nitrogen and oxygen atoms in total. The number of hydrogen-bond donors (Lipinski definition) is 2. The second-order valence-corrected chi connectivity index (χ2v) is 4.94. The number of nitrogens with two attached hydrogens (primary N) is 1. The first kappa shape index (κ1) is 14.6. The van der Waals surface area contributed by atoms with Gasteiger partial charge in [-0.3, -0.25) is 4.79 Å². The summed E-state index contributed by atoms with van der Waals surface area (Å²) in [6.45, 7) is 2.96. The zero-order chi connectivity index (χ0) is 14.4. The van der Waals surface area contributed by atoms with Crippen molar-refractivity contribution in [1.82, 2.24) is 0 Å². The molecule has 1 saturated heterocycles. The molecular formula is C16H20N2O2. The lowest BCUT2D eigenvalue weighted by Gasteiger charge is -2.21. The maximum Gasteiger partial charge on any atom is 0.253 e. The number of aryl methyl sites for hydroxylation is 1. The van der Waals surface area contributed by atoms with E-state index >= 15 is 0 Å².